The van der Waals surface area contributed by atoms with Gasteiger partial charge in [0.1, 0.15) is 59.9 Å². The van der Waals surface area contributed by atoms with Crippen LogP contribution in [0.1, 0.15) is 184 Å². The number of alkyl halides is 4. The summed E-state index contributed by atoms with van der Waals surface area (Å²) in [4.78, 5) is 170. The molecule has 3 saturated heterocycles. The molecule has 508 valence electrons. The first kappa shape index (κ1) is 73.3. The topological polar surface area (TPSA) is 259 Å². The molecule has 11 amide bonds. The van der Waals surface area contributed by atoms with E-state index in [0.29, 0.717) is 25.7 Å². The largest absolute Gasteiger partial charge is 0.393 e. The van der Waals surface area contributed by atoms with Gasteiger partial charge in [0.05, 0.1) is 5.92 Å². The Morgan fingerprint density at radius 2 is 1.17 bits per heavy atom. The van der Waals surface area contributed by atoms with Crippen LogP contribution in [0.3, 0.4) is 0 Å². The molecule has 0 bridgehead atoms. The van der Waals surface area contributed by atoms with E-state index in [1.54, 1.807) is 27.7 Å². The number of likely N-dealkylation sites (N-methyl/N-ethyl adjacent to an activating group) is 5. The fourth-order valence-corrected chi connectivity index (χ4v) is 14.9. The number of halogens is 4. The van der Waals surface area contributed by atoms with Gasteiger partial charge in [-0.05, 0) is 122 Å². The summed E-state index contributed by atoms with van der Waals surface area (Å²) in [5.74, 6) is -9.35. The molecule has 3 heterocycles. The van der Waals surface area contributed by atoms with E-state index < -0.39 is 160 Å². The molecule has 1 spiro atoms. The Kier molecular flexibility index (Phi) is 25.5. The second kappa shape index (κ2) is 31.2. The van der Waals surface area contributed by atoms with E-state index in [2.05, 4.69) is 21.3 Å². The lowest BCUT2D eigenvalue weighted by Gasteiger charge is -2.45. The van der Waals surface area contributed by atoms with Crippen LogP contribution in [0.25, 0.3) is 0 Å². The van der Waals surface area contributed by atoms with E-state index in [-0.39, 0.29) is 95.6 Å². The number of nitrogens with one attached hydrogen (secondary N) is 4. The Labute approximate surface area is 535 Å². The van der Waals surface area contributed by atoms with Gasteiger partial charge in [0.2, 0.25) is 65.0 Å². The normalized spacial score (nSPS) is 32.8. The highest BCUT2D eigenvalue weighted by molar-refractivity contribution is 6.20. The zero-order chi connectivity index (χ0) is 67.0. The molecule has 3 aliphatic heterocycles. The molecule has 22 nitrogen and oxygen atoms in total. The molecule has 0 radical (unpaired) electrons. The number of hydrogen-bond acceptors (Lipinski definition) is 11. The van der Waals surface area contributed by atoms with Crippen LogP contribution in [0.15, 0.2) is 0 Å². The highest BCUT2D eigenvalue weighted by Crippen LogP contribution is 2.44. The van der Waals surface area contributed by atoms with Crippen LogP contribution in [0, 0.1) is 29.6 Å². The predicted molar refractivity (Wildman–Crippen MR) is 331 cm³/mol. The first-order valence-electron chi connectivity index (χ1n) is 33.0. The molecule has 6 aliphatic rings. The third-order valence-electron chi connectivity index (χ3n) is 21.0. The van der Waals surface area contributed by atoms with Gasteiger partial charge in [-0.15, -0.1) is 11.6 Å². The number of amides is 11. The fourth-order valence-electron chi connectivity index (χ4n) is 14.4. The molecule has 26 heteroatoms. The van der Waals surface area contributed by atoms with Crippen LogP contribution in [-0.2, 0) is 52.7 Å². The average molecular weight is 1300 g/mol. The Balaban J connectivity index is 1.36. The summed E-state index contributed by atoms with van der Waals surface area (Å²) >= 11 is 6.38. The Hall–Kier alpha value is -5.75. The van der Waals surface area contributed by atoms with Gasteiger partial charge in [0, 0.05) is 66.2 Å². The van der Waals surface area contributed by atoms with Crippen LogP contribution in [0.4, 0.5) is 13.2 Å². The van der Waals surface area contributed by atoms with Crippen LogP contribution in [0.5, 0.6) is 0 Å². The Morgan fingerprint density at radius 3 is 1.74 bits per heavy atom. The number of carbonyl (C=O) groups excluding carboxylic acids is 11. The van der Waals surface area contributed by atoms with Crippen molar-refractivity contribution in [2.45, 2.75) is 261 Å². The van der Waals surface area contributed by atoms with Crippen molar-refractivity contribution >= 4 is 76.6 Å². The predicted octanol–water partition coefficient (Wildman–Crippen LogP) is 5.12. The van der Waals surface area contributed by atoms with Gasteiger partial charge in [-0.2, -0.15) is 13.2 Å². The van der Waals surface area contributed by atoms with Gasteiger partial charge in [-0.1, -0.05) is 79.1 Å². The third-order valence-corrected chi connectivity index (χ3v) is 21.5. The lowest BCUT2D eigenvalue weighted by molar-refractivity contribution is -0.182. The summed E-state index contributed by atoms with van der Waals surface area (Å²) in [5.41, 5.74) is -1.48. The fraction of sp³-hybridized carbons (Fsp3) is 0.828. The highest BCUT2D eigenvalue weighted by Gasteiger charge is 2.52. The smallest absolute Gasteiger partial charge is 0.351 e. The zero-order valence-corrected chi connectivity index (χ0v) is 56.2. The van der Waals surface area contributed by atoms with Gasteiger partial charge in [-0.25, -0.2) is 0 Å². The highest BCUT2D eigenvalue weighted by atomic mass is 35.5. The average Bonchev–Trinajstić information content (AvgIpc) is 1.77. The summed E-state index contributed by atoms with van der Waals surface area (Å²) in [6.45, 7) is 13.5. The molecule has 3 unspecified atom stereocenters. The number of fused-ring (bicyclic) bond motifs is 2. The number of hydrogen-bond donors (Lipinski definition) is 4. The maximum absolute atomic E-state index is 15.2. The summed E-state index contributed by atoms with van der Waals surface area (Å²) in [7, 11) is 7.29. The van der Waals surface area contributed by atoms with Gasteiger partial charge in [0.25, 0.3) is 0 Å². The quantitative estimate of drug-likeness (QED) is 0.232. The molecular formula is C64H103ClF3N11O11. The molecule has 0 aromatic carbocycles. The first-order chi connectivity index (χ1) is 42.2. The maximum Gasteiger partial charge on any atom is 0.393 e. The minimum absolute atomic E-state index is 0.0132. The van der Waals surface area contributed by atoms with Crippen LogP contribution < -0.4 is 21.3 Å². The van der Waals surface area contributed by atoms with Crippen LogP contribution in [0.2, 0.25) is 0 Å². The first-order valence-corrected chi connectivity index (χ1v) is 33.5. The minimum atomic E-state index is -4.49. The van der Waals surface area contributed by atoms with Crippen molar-refractivity contribution in [2.75, 3.05) is 48.3 Å². The van der Waals surface area contributed by atoms with E-state index in [1.807, 2.05) is 6.92 Å². The molecule has 3 aliphatic carbocycles. The number of rotatable bonds is 8. The minimum Gasteiger partial charge on any atom is -0.351 e. The SMILES string of the molecule is CC[C@H](C)[C@@H]1NC(=O)[C@H](C)N(C)C(=O)C[C@@H](C)NC(=O)[C@H](C(C)C)N(C)C(=O)C2(CCCC2)NC(=O)[C@@H]2CCCN2C(=O)[C@H](CCC2CCC(C(F)(F)F)C(Cl)C2)NC(=O)[C@@H](C)N(C)C(=O)[C@H](CC2CCCCC2)N(C)C(=O)[C@@H]2CCN2C(=O)[C@H](C)N(C)C1=O. The van der Waals surface area contributed by atoms with Gasteiger partial charge >= 0.3 is 6.18 Å². The van der Waals surface area contributed by atoms with Crippen molar-refractivity contribution in [3.8, 4) is 0 Å². The van der Waals surface area contributed by atoms with E-state index in [0.717, 1.165) is 32.1 Å². The second-order valence-corrected chi connectivity index (χ2v) is 28.1. The lowest BCUT2D eigenvalue weighted by Crippen LogP contribution is -2.65. The molecule has 0 aromatic heterocycles. The van der Waals surface area contributed by atoms with Gasteiger partial charge < -0.3 is 55.6 Å². The molecule has 0 aromatic rings. The van der Waals surface area contributed by atoms with E-state index in [1.165, 1.54) is 90.3 Å². The van der Waals surface area contributed by atoms with Gasteiger partial charge in [-0.3, -0.25) is 52.7 Å². The Bertz CT molecular complexity index is 2620. The van der Waals surface area contributed by atoms with Gasteiger partial charge in [0.15, 0.2) is 0 Å². The van der Waals surface area contributed by atoms with Crippen molar-refractivity contribution in [2.24, 2.45) is 29.6 Å². The molecule has 4 N–H and O–H groups in total. The van der Waals surface area contributed by atoms with E-state index in [9.17, 15) is 56.3 Å². The second-order valence-electron chi connectivity index (χ2n) is 27.5. The molecule has 6 rings (SSSR count). The zero-order valence-electron chi connectivity index (χ0n) is 55.4. The van der Waals surface area contributed by atoms with Crippen molar-refractivity contribution in [3.05, 3.63) is 0 Å². The molecular weight excluding hydrogens is 1190 g/mol. The van der Waals surface area contributed by atoms with Crippen LogP contribution >= 0.6 is 11.6 Å². The van der Waals surface area contributed by atoms with Crippen molar-refractivity contribution < 1.29 is 65.9 Å². The van der Waals surface area contributed by atoms with Crippen molar-refractivity contribution in [1.29, 1.82) is 0 Å². The molecule has 3 saturated carbocycles. The summed E-state index contributed by atoms with van der Waals surface area (Å²) in [6.07, 6.45) is 2.94. The Morgan fingerprint density at radius 1 is 0.567 bits per heavy atom. The molecule has 6 fully saturated rings. The van der Waals surface area contributed by atoms with E-state index >= 15 is 9.59 Å². The standard InChI is InChI=1S/C64H103ClF3N11O11/c1-14-37(4)51-61(89)75(11)41(8)57(85)79-32-28-48(79)59(87)76(12)49(35-42-21-16-15-17-22-42)60(88)74(10)40(7)53(81)70-46(27-25-43-24-26-44(45(65)34-43)64(66,67)68)58(86)78-31-20-23-47(78)55(83)72-63(29-18-19-30-63)62(90)77(13)52(36(2)3)56(84)69-38(5)33-50(80)73(9)39(6)54(82)71-51/h36-49,51-52H,14-35H2,1-13H3,(H,69,84)(H,70,81)(H,71,82)(H,72,83)/t37-,38+,39-,40+,41-,43?,44?,45?,46-,47-,48-,49-,51-,52-/m0/s1. The molecule has 14 atom stereocenters. The lowest BCUT2D eigenvalue weighted by atomic mass is 9.78. The summed E-state index contributed by atoms with van der Waals surface area (Å²) < 4.78 is 41.8. The van der Waals surface area contributed by atoms with Crippen molar-refractivity contribution in [1.82, 2.24) is 55.6 Å². The maximum atomic E-state index is 15.2. The monoisotopic (exact) mass is 1290 g/mol. The number of carbonyl (C=O) groups is 11. The number of nitrogens with zero attached hydrogens (tertiary/aromatic N) is 7. The third kappa shape index (κ3) is 16.9. The van der Waals surface area contributed by atoms with Crippen molar-refractivity contribution in [3.63, 3.8) is 0 Å². The molecule has 90 heavy (non-hydrogen) atoms. The van der Waals surface area contributed by atoms with Crippen LogP contribution in [-0.4, -0.2) is 225 Å². The van der Waals surface area contributed by atoms with E-state index in [4.69, 9.17) is 11.6 Å². The summed E-state index contributed by atoms with van der Waals surface area (Å²) in [5, 5.41) is 10.4. The summed E-state index contributed by atoms with van der Waals surface area (Å²) in [6, 6.07) is -11.0.